The summed E-state index contributed by atoms with van der Waals surface area (Å²) in [5.74, 6) is -0.212. The van der Waals surface area contributed by atoms with Gasteiger partial charge in [0.1, 0.15) is 5.75 Å². The molecule has 0 bridgehead atoms. The number of esters is 1. The average molecular weight is 497 g/mol. The molecule has 18 heavy (non-hydrogen) atoms. The summed E-state index contributed by atoms with van der Waals surface area (Å²) >= 11 is 4.18. The van der Waals surface area contributed by atoms with Crippen LogP contribution in [0.25, 0.3) is 0 Å². The molecule has 1 aromatic carbocycles. The maximum atomic E-state index is 11.3. The first-order chi connectivity index (χ1) is 7.95. The van der Waals surface area contributed by atoms with Gasteiger partial charge in [-0.15, -0.1) is 12.4 Å². The highest BCUT2D eigenvalue weighted by molar-refractivity contribution is 14.1. The zero-order valence-corrected chi connectivity index (χ0v) is 14.8. The molecule has 0 aliphatic heterocycles. The first kappa shape index (κ1) is 18.2. The van der Waals surface area contributed by atoms with Gasteiger partial charge < -0.3 is 15.6 Å². The lowest BCUT2D eigenvalue weighted by Crippen LogP contribution is -2.17. The van der Waals surface area contributed by atoms with Crippen LogP contribution in [0, 0.1) is 7.14 Å². The molecular formula is C11H14ClI2NO3. The molecule has 0 aromatic heterocycles. The van der Waals surface area contributed by atoms with Crippen molar-refractivity contribution in [3.8, 4) is 5.75 Å². The minimum absolute atomic E-state index is 0. The Balaban J connectivity index is 0.00000289. The molecule has 0 radical (unpaired) electrons. The fourth-order valence-electron chi connectivity index (χ4n) is 1.38. The Morgan fingerprint density at radius 2 is 2.11 bits per heavy atom. The molecule has 7 heteroatoms. The number of carbonyl (C=O) groups is 1. The smallest absolute Gasteiger partial charge is 0.307 e. The van der Waals surface area contributed by atoms with Crippen LogP contribution in [0.3, 0.4) is 0 Å². The van der Waals surface area contributed by atoms with Gasteiger partial charge in [0.25, 0.3) is 0 Å². The molecule has 4 nitrogen and oxygen atoms in total. The summed E-state index contributed by atoms with van der Waals surface area (Å²) < 4.78 is 6.53. The lowest BCUT2D eigenvalue weighted by Gasteiger charge is -2.14. The summed E-state index contributed by atoms with van der Waals surface area (Å²) in [4.78, 5) is 11.3. The topological polar surface area (TPSA) is 72.5 Å². The SMILES string of the molecule is CCOC(=O)C[C@H](N)c1cc(I)cc(I)c1O.Cl. The maximum Gasteiger partial charge on any atom is 0.307 e. The van der Waals surface area contributed by atoms with Crippen LogP contribution in [-0.2, 0) is 9.53 Å². The molecule has 1 rings (SSSR count). The zero-order valence-electron chi connectivity index (χ0n) is 9.65. The van der Waals surface area contributed by atoms with Crippen LogP contribution in [0.4, 0.5) is 0 Å². The summed E-state index contributed by atoms with van der Waals surface area (Å²) in [7, 11) is 0. The van der Waals surface area contributed by atoms with Gasteiger partial charge in [-0.05, 0) is 64.2 Å². The highest BCUT2D eigenvalue weighted by Gasteiger charge is 2.18. The summed E-state index contributed by atoms with van der Waals surface area (Å²) in [5.41, 5.74) is 6.48. The number of aromatic hydroxyl groups is 1. The van der Waals surface area contributed by atoms with Crippen molar-refractivity contribution in [1.82, 2.24) is 0 Å². The molecule has 0 saturated heterocycles. The minimum Gasteiger partial charge on any atom is -0.506 e. The van der Waals surface area contributed by atoms with E-state index in [1.807, 2.05) is 28.7 Å². The number of phenols is 1. The minimum atomic E-state index is -0.544. The lowest BCUT2D eigenvalue weighted by molar-refractivity contribution is -0.143. The first-order valence-electron chi connectivity index (χ1n) is 5.04. The second-order valence-electron chi connectivity index (χ2n) is 3.44. The van der Waals surface area contributed by atoms with E-state index >= 15 is 0 Å². The zero-order chi connectivity index (χ0) is 13.0. The van der Waals surface area contributed by atoms with E-state index in [0.29, 0.717) is 12.2 Å². The molecule has 0 fully saturated rings. The molecule has 0 saturated carbocycles. The Kier molecular flexibility index (Phi) is 8.48. The molecule has 1 aromatic rings. The van der Waals surface area contributed by atoms with Crippen LogP contribution >= 0.6 is 57.6 Å². The van der Waals surface area contributed by atoms with E-state index in [-0.39, 0.29) is 30.5 Å². The second kappa shape index (κ2) is 8.39. The number of hydrogen-bond donors (Lipinski definition) is 2. The normalized spacial score (nSPS) is 11.6. The number of benzene rings is 1. The number of hydrogen-bond acceptors (Lipinski definition) is 4. The third-order valence-corrected chi connectivity index (χ3v) is 3.59. The summed E-state index contributed by atoms with van der Waals surface area (Å²) in [6, 6.07) is 3.08. The highest BCUT2D eigenvalue weighted by atomic mass is 127. The molecule has 0 aliphatic carbocycles. The largest absolute Gasteiger partial charge is 0.506 e. The van der Waals surface area contributed by atoms with Crippen LogP contribution < -0.4 is 5.73 Å². The van der Waals surface area contributed by atoms with E-state index in [4.69, 9.17) is 10.5 Å². The van der Waals surface area contributed by atoms with Gasteiger partial charge in [0.15, 0.2) is 0 Å². The van der Waals surface area contributed by atoms with Gasteiger partial charge in [0, 0.05) is 15.2 Å². The van der Waals surface area contributed by atoms with Crippen LogP contribution in [-0.4, -0.2) is 17.7 Å². The van der Waals surface area contributed by atoms with Crippen molar-refractivity contribution in [3.63, 3.8) is 0 Å². The van der Waals surface area contributed by atoms with E-state index < -0.39 is 6.04 Å². The fourth-order valence-corrected chi connectivity index (χ4v) is 3.27. The van der Waals surface area contributed by atoms with Gasteiger partial charge in [-0.2, -0.15) is 0 Å². The Labute approximate surface area is 139 Å². The van der Waals surface area contributed by atoms with E-state index in [2.05, 4.69) is 22.6 Å². The molecule has 0 heterocycles. The van der Waals surface area contributed by atoms with Crippen molar-refractivity contribution in [2.24, 2.45) is 5.73 Å². The molecule has 0 aliphatic rings. The number of carbonyl (C=O) groups excluding carboxylic acids is 1. The van der Waals surface area contributed by atoms with Crippen LogP contribution in [0.15, 0.2) is 12.1 Å². The first-order valence-corrected chi connectivity index (χ1v) is 7.20. The van der Waals surface area contributed by atoms with E-state index in [9.17, 15) is 9.90 Å². The maximum absolute atomic E-state index is 11.3. The number of rotatable bonds is 4. The number of halogens is 3. The van der Waals surface area contributed by atoms with Gasteiger partial charge in [-0.3, -0.25) is 4.79 Å². The van der Waals surface area contributed by atoms with Crippen molar-refractivity contribution in [2.45, 2.75) is 19.4 Å². The predicted molar refractivity (Wildman–Crippen MR) is 89.0 cm³/mol. The summed E-state index contributed by atoms with van der Waals surface area (Å²) in [6.45, 7) is 2.08. The van der Waals surface area contributed by atoms with Crippen LogP contribution in [0.5, 0.6) is 5.75 Å². The average Bonchev–Trinajstić information content (AvgIpc) is 2.23. The van der Waals surface area contributed by atoms with Crippen molar-refractivity contribution < 1.29 is 14.6 Å². The Bertz CT molecular complexity index is 429. The van der Waals surface area contributed by atoms with Crippen LogP contribution in [0.2, 0.25) is 0 Å². The van der Waals surface area contributed by atoms with Gasteiger partial charge in [0.2, 0.25) is 0 Å². The van der Waals surface area contributed by atoms with Crippen LogP contribution in [0.1, 0.15) is 24.9 Å². The van der Waals surface area contributed by atoms with E-state index in [1.165, 1.54) is 0 Å². The van der Waals surface area contributed by atoms with E-state index in [1.54, 1.807) is 13.0 Å². The molecule has 0 amide bonds. The van der Waals surface area contributed by atoms with Crippen molar-refractivity contribution >= 4 is 63.6 Å². The summed E-state index contributed by atoms with van der Waals surface area (Å²) in [6.07, 6.45) is 0.0670. The molecule has 0 unspecified atom stereocenters. The molecule has 3 N–H and O–H groups in total. The van der Waals surface area contributed by atoms with Gasteiger partial charge in [-0.1, -0.05) is 0 Å². The number of phenolic OH excluding ortho intramolecular Hbond substituents is 1. The third-order valence-electron chi connectivity index (χ3n) is 2.15. The Morgan fingerprint density at radius 1 is 1.50 bits per heavy atom. The molecule has 1 atom stereocenters. The number of nitrogens with two attached hydrogens (primary N) is 1. The van der Waals surface area contributed by atoms with E-state index in [0.717, 1.165) is 7.14 Å². The summed E-state index contributed by atoms with van der Waals surface area (Å²) in [5, 5.41) is 9.89. The van der Waals surface area contributed by atoms with Gasteiger partial charge in [-0.25, -0.2) is 0 Å². The van der Waals surface area contributed by atoms with Crippen molar-refractivity contribution in [1.29, 1.82) is 0 Å². The molecular weight excluding hydrogens is 483 g/mol. The van der Waals surface area contributed by atoms with Crippen molar-refractivity contribution in [3.05, 3.63) is 24.8 Å². The molecule has 102 valence electrons. The lowest BCUT2D eigenvalue weighted by atomic mass is 10.0. The fraction of sp³-hybridized carbons (Fsp3) is 0.364. The predicted octanol–water partition coefficient (Wildman–Crippen LogP) is 2.98. The second-order valence-corrected chi connectivity index (χ2v) is 5.85. The monoisotopic (exact) mass is 497 g/mol. The Hall–Kier alpha value is 0.200. The quantitative estimate of drug-likeness (QED) is 0.496. The third kappa shape index (κ3) is 5.06. The highest BCUT2D eigenvalue weighted by Crippen LogP contribution is 2.31. The van der Waals surface area contributed by atoms with Gasteiger partial charge >= 0.3 is 5.97 Å². The van der Waals surface area contributed by atoms with Gasteiger partial charge in [0.05, 0.1) is 16.6 Å². The standard InChI is InChI=1S/C11H13I2NO3.ClH/c1-2-17-10(15)5-9(14)7-3-6(12)4-8(13)11(7)16;/h3-4,9,16H,2,5,14H2,1H3;1H/t9-;/m0./s1. The Morgan fingerprint density at radius 3 is 2.67 bits per heavy atom. The van der Waals surface area contributed by atoms with Crippen molar-refractivity contribution in [2.75, 3.05) is 6.61 Å². The molecule has 0 spiro atoms. The number of ether oxygens (including phenoxy) is 1.